The first-order chi connectivity index (χ1) is 9.76. The van der Waals surface area contributed by atoms with Crippen molar-refractivity contribution in [3.8, 4) is 5.75 Å². The van der Waals surface area contributed by atoms with Crippen molar-refractivity contribution in [1.29, 1.82) is 0 Å². The molecule has 0 amide bonds. The minimum absolute atomic E-state index is 0.341. The van der Waals surface area contributed by atoms with Gasteiger partial charge in [0.1, 0.15) is 11.6 Å². The van der Waals surface area contributed by atoms with Gasteiger partial charge < -0.3 is 10.1 Å². The second kappa shape index (κ2) is 6.96. The summed E-state index contributed by atoms with van der Waals surface area (Å²) in [5.74, 6) is 0.340. The molecule has 0 aliphatic carbocycles. The van der Waals surface area contributed by atoms with Gasteiger partial charge >= 0.3 is 0 Å². The average Bonchev–Trinajstić information content (AvgIpc) is 2.48. The molecule has 2 rings (SSSR count). The number of pyridine rings is 2. The smallest absolute Gasteiger partial charge is 0.146 e. The molecule has 1 unspecified atom stereocenters. The van der Waals surface area contributed by atoms with Crippen LogP contribution in [-0.2, 0) is 0 Å². The van der Waals surface area contributed by atoms with Crippen LogP contribution in [0.2, 0.25) is 0 Å². The Hall–Kier alpha value is -2.01. The zero-order valence-electron chi connectivity index (χ0n) is 11.6. The standard InChI is InChI=1S/C15H18FN3O/c1-3-7-20-12-8-11(9-18-10-12)14(17-2)15-13(16)5-4-6-19-15/h4-6,8-10,14,17H,3,7H2,1-2H3. The number of aromatic nitrogens is 2. The number of nitrogens with zero attached hydrogens (tertiary/aromatic N) is 2. The third-order valence-corrected chi connectivity index (χ3v) is 2.89. The number of ether oxygens (including phenoxy) is 1. The topological polar surface area (TPSA) is 47.0 Å². The summed E-state index contributed by atoms with van der Waals surface area (Å²) in [7, 11) is 1.76. The Kier molecular flexibility index (Phi) is 5.01. The van der Waals surface area contributed by atoms with E-state index in [9.17, 15) is 4.39 Å². The molecule has 0 aliphatic rings. The third kappa shape index (κ3) is 3.30. The molecule has 1 atom stereocenters. The molecule has 5 heteroatoms. The fourth-order valence-corrected chi connectivity index (χ4v) is 1.96. The van der Waals surface area contributed by atoms with Crippen molar-refractivity contribution in [2.75, 3.05) is 13.7 Å². The molecule has 4 nitrogen and oxygen atoms in total. The molecular formula is C15H18FN3O. The molecule has 2 heterocycles. The quantitative estimate of drug-likeness (QED) is 0.880. The van der Waals surface area contributed by atoms with Gasteiger partial charge in [-0.15, -0.1) is 0 Å². The maximum atomic E-state index is 13.9. The molecular weight excluding hydrogens is 257 g/mol. The van der Waals surface area contributed by atoms with Crippen LogP contribution in [0.1, 0.15) is 30.6 Å². The summed E-state index contributed by atoms with van der Waals surface area (Å²) in [5.41, 5.74) is 1.17. The lowest BCUT2D eigenvalue weighted by atomic mass is 10.0. The lowest BCUT2D eigenvalue weighted by Crippen LogP contribution is -2.20. The summed E-state index contributed by atoms with van der Waals surface area (Å²) in [6.45, 7) is 2.67. The van der Waals surface area contributed by atoms with E-state index in [-0.39, 0.29) is 11.9 Å². The van der Waals surface area contributed by atoms with E-state index in [0.717, 1.165) is 12.0 Å². The monoisotopic (exact) mass is 275 g/mol. The molecule has 20 heavy (non-hydrogen) atoms. The predicted molar refractivity (Wildman–Crippen MR) is 75.1 cm³/mol. The Morgan fingerprint density at radius 3 is 2.95 bits per heavy atom. The third-order valence-electron chi connectivity index (χ3n) is 2.89. The summed E-state index contributed by atoms with van der Waals surface area (Å²) >= 11 is 0. The summed E-state index contributed by atoms with van der Waals surface area (Å²) in [5, 5.41) is 3.06. The van der Waals surface area contributed by atoms with Gasteiger partial charge in [0.25, 0.3) is 0 Å². The van der Waals surface area contributed by atoms with Crippen molar-refractivity contribution in [2.45, 2.75) is 19.4 Å². The van der Waals surface area contributed by atoms with E-state index >= 15 is 0 Å². The first kappa shape index (κ1) is 14.4. The van der Waals surface area contributed by atoms with Crippen molar-refractivity contribution >= 4 is 0 Å². The van der Waals surface area contributed by atoms with Crippen LogP contribution in [0.4, 0.5) is 4.39 Å². The zero-order valence-corrected chi connectivity index (χ0v) is 11.6. The summed E-state index contributed by atoms with van der Waals surface area (Å²) in [6.07, 6.45) is 5.84. The second-order valence-corrected chi connectivity index (χ2v) is 4.39. The Morgan fingerprint density at radius 1 is 1.40 bits per heavy atom. The molecule has 2 aromatic heterocycles. The molecule has 0 aromatic carbocycles. The van der Waals surface area contributed by atoms with Crippen LogP contribution in [-0.4, -0.2) is 23.6 Å². The summed E-state index contributed by atoms with van der Waals surface area (Å²) in [6, 6.07) is 4.48. The van der Waals surface area contributed by atoms with Gasteiger partial charge in [0.15, 0.2) is 0 Å². The number of rotatable bonds is 6. The van der Waals surface area contributed by atoms with Crippen LogP contribution in [0.5, 0.6) is 5.75 Å². The number of hydrogen-bond acceptors (Lipinski definition) is 4. The van der Waals surface area contributed by atoms with E-state index < -0.39 is 0 Å². The minimum Gasteiger partial charge on any atom is -0.492 e. The SMILES string of the molecule is CCCOc1cncc(C(NC)c2ncccc2F)c1. The van der Waals surface area contributed by atoms with E-state index in [4.69, 9.17) is 4.74 Å². The van der Waals surface area contributed by atoms with Gasteiger partial charge in [-0.1, -0.05) is 6.92 Å². The fourth-order valence-electron chi connectivity index (χ4n) is 1.96. The lowest BCUT2D eigenvalue weighted by Gasteiger charge is -2.17. The highest BCUT2D eigenvalue weighted by atomic mass is 19.1. The second-order valence-electron chi connectivity index (χ2n) is 4.39. The molecule has 0 fully saturated rings. The van der Waals surface area contributed by atoms with Crippen molar-refractivity contribution < 1.29 is 9.13 Å². The van der Waals surface area contributed by atoms with Crippen LogP contribution in [0.3, 0.4) is 0 Å². The highest BCUT2D eigenvalue weighted by Gasteiger charge is 2.18. The van der Waals surface area contributed by atoms with Gasteiger partial charge in [-0.2, -0.15) is 0 Å². The number of nitrogens with one attached hydrogen (secondary N) is 1. The predicted octanol–water partition coefficient (Wildman–Crippen LogP) is 2.71. The molecule has 0 aliphatic heterocycles. The van der Waals surface area contributed by atoms with Crippen LogP contribution < -0.4 is 10.1 Å². The van der Waals surface area contributed by atoms with Crippen LogP contribution >= 0.6 is 0 Å². The van der Waals surface area contributed by atoms with Gasteiger partial charge in [-0.05, 0) is 37.2 Å². The molecule has 2 aromatic rings. The normalized spacial score (nSPS) is 12.2. The molecule has 0 saturated carbocycles. The van der Waals surface area contributed by atoms with Gasteiger partial charge in [-0.25, -0.2) is 4.39 Å². The Bertz CT molecular complexity index is 562. The van der Waals surface area contributed by atoms with E-state index in [1.807, 2.05) is 13.0 Å². The zero-order chi connectivity index (χ0) is 14.4. The molecule has 0 spiro atoms. The largest absolute Gasteiger partial charge is 0.492 e. The maximum Gasteiger partial charge on any atom is 0.146 e. The molecule has 1 N–H and O–H groups in total. The highest BCUT2D eigenvalue weighted by Crippen LogP contribution is 2.24. The van der Waals surface area contributed by atoms with Crippen molar-refractivity contribution in [1.82, 2.24) is 15.3 Å². The summed E-state index contributed by atoms with van der Waals surface area (Å²) in [4.78, 5) is 8.26. The van der Waals surface area contributed by atoms with E-state index in [0.29, 0.717) is 18.1 Å². The number of hydrogen-bond donors (Lipinski definition) is 1. The van der Waals surface area contributed by atoms with Gasteiger partial charge in [0, 0.05) is 12.4 Å². The Morgan fingerprint density at radius 2 is 2.25 bits per heavy atom. The molecule has 0 bridgehead atoms. The van der Waals surface area contributed by atoms with Crippen molar-refractivity contribution in [3.63, 3.8) is 0 Å². The van der Waals surface area contributed by atoms with E-state index in [1.165, 1.54) is 6.07 Å². The first-order valence-corrected chi connectivity index (χ1v) is 6.61. The van der Waals surface area contributed by atoms with Crippen molar-refractivity contribution in [2.24, 2.45) is 0 Å². The molecule has 0 saturated heterocycles. The van der Waals surface area contributed by atoms with Crippen LogP contribution in [0.15, 0.2) is 36.8 Å². The first-order valence-electron chi connectivity index (χ1n) is 6.61. The van der Waals surface area contributed by atoms with E-state index in [2.05, 4.69) is 15.3 Å². The average molecular weight is 275 g/mol. The Labute approximate surface area is 118 Å². The molecule has 0 radical (unpaired) electrons. The van der Waals surface area contributed by atoms with Crippen molar-refractivity contribution in [3.05, 3.63) is 53.9 Å². The van der Waals surface area contributed by atoms with Crippen LogP contribution in [0.25, 0.3) is 0 Å². The van der Waals surface area contributed by atoms with E-state index in [1.54, 1.807) is 31.7 Å². The van der Waals surface area contributed by atoms with Crippen LogP contribution in [0, 0.1) is 5.82 Å². The lowest BCUT2D eigenvalue weighted by molar-refractivity contribution is 0.315. The maximum absolute atomic E-state index is 13.9. The number of halogens is 1. The fraction of sp³-hybridized carbons (Fsp3) is 0.333. The van der Waals surface area contributed by atoms with Gasteiger partial charge in [0.2, 0.25) is 0 Å². The molecule has 106 valence electrons. The van der Waals surface area contributed by atoms with Gasteiger partial charge in [-0.3, -0.25) is 9.97 Å². The summed E-state index contributed by atoms with van der Waals surface area (Å²) < 4.78 is 19.4. The Balaban J connectivity index is 2.30. The minimum atomic E-state index is -0.353. The van der Waals surface area contributed by atoms with Gasteiger partial charge in [0.05, 0.1) is 24.5 Å². The highest BCUT2D eigenvalue weighted by molar-refractivity contribution is 5.31.